The average molecular weight is 302 g/mol. The highest BCUT2D eigenvalue weighted by Gasteiger charge is 2.06. The SMILES string of the molecule is CC(O)CCN(C)C(=O)/C=C/c1ccc(Cl)cc1Cl. The van der Waals surface area contributed by atoms with Gasteiger partial charge in [0.1, 0.15) is 0 Å². The van der Waals surface area contributed by atoms with Crippen molar-refractivity contribution in [3.63, 3.8) is 0 Å². The van der Waals surface area contributed by atoms with Gasteiger partial charge in [-0.3, -0.25) is 4.79 Å². The molecular weight excluding hydrogens is 285 g/mol. The van der Waals surface area contributed by atoms with Gasteiger partial charge in [0.15, 0.2) is 0 Å². The van der Waals surface area contributed by atoms with Crippen LogP contribution in [0.15, 0.2) is 24.3 Å². The number of aliphatic hydroxyl groups is 1. The normalized spacial score (nSPS) is 12.7. The lowest BCUT2D eigenvalue weighted by Gasteiger charge is -2.15. The average Bonchev–Trinajstić information content (AvgIpc) is 2.34. The van der Waals surface area contributed by atoms with E-state index in [4.69, 9.17) is 28.3 Å². The van der Waals surface area contributed by atoms with Crippen LogP contribution in [0.3, 0.4) is 0 Å². The van der Waals surface area contributed by atoms with Crippen LogP contribution in [0.25, 0.3) is 6.08 Å². The zero-order valence-electron chi connectivity index (χ0n) is 10.9. The summed E-state index contributed by atoms with van der Waals surface area (Å²) in [5.41, 5.74) is 0.739. The van der Waals surface area contributed by atoms with Gasteiger partial charge < -0.3 is 10.0 Å². The highest BCUT2D eigenvalue weighted by molar-refractivity contribution is 6.35. The fraction of sp³-hybridized carbons (Fsp3) is 0.357. The van der Waals surface area contributed by atoms with Crippen LogP contribution < -0.4 is 0 Å². The van der Waals surface area contributed by atoms with Crippen LogP contribution in [0.1, 0.15) is 18.9 Å². The lowest BCUT2D eigenvalue weighted by molar-refractivity contribution is -0.124. The molecule has 0 saturated heterocycles. The third kappa shape index (κ3) is 5.64. The van der Waals surface area contributed by atoms with E-state index in [0.29, 0.717) is 23.0 Å². The maximum absolute atomic E-state index is 11.8. The van der Waals surface area contributed by atoms with Gasteiger partial charge in [0.2, 0.25) is 5.91 Å². The predicted molar refractivity (Wildman–Crippen MR) is 79.4 cm³/mol. The molecule has 5 heteroatoms. The first-order chi connectivity index (χ1) is 8.90. The van der Waals surface area contributed by atoms with Crippen molar-refractivity contribution in [1.82, 2.24) is 4.90 Å². The summed E-state index contributed by atoms with van der Waals surface area (Å²) in [4.78, 5) is 13.3. The van der Waals surface area contributed by atoms with Crippen LogP contribution in [0, 0.1) is 0 Å². The number of likely N-dealkylation sites (N-methyl/N-ethyl adjacent to an activating group) is 1. The van der Waals surface area contributed by atoms with Crippen molar-refractivity contribution in [2.45, 2.75) is 19.4 Å². The Morgan fingerprint density at radius 3 is 2.74 bits per heavy atom. The largest absolute Gasteiger partial charge is 0.393 e. The van der Waals surface area contributed by atoms with Crippen LogP contribution in [0.4, 0.5) is 0 Å². The summed E-state index contributed by atoms with van der Waals surface area (Å²) in [7, 11) is 1.69. The van der Waals surface area contributed by atoms with E-state index in [0.717, 1.165) is 5.56 Å². The smallest absolute Gasteiger partial charge is 0.246 e. The van der Waals surface area contributed by atoms with Crippen molar-refractivity contribution in [3.05, 3.63) is 39.9 Å². The van der Waals surface area contributed by atoms with Crippen molar-refractivity contribution in [2.24, 2.45) is 0 Å². The molecule has 1 aromatic carbocycles. The lowest BCUT2D eigenvalue weighted by Crippen LogP contribution is -2.27. The number of rotatable bonds is 5. The number of carbonyl (C=O) groups is 1. The van der Waals surface area contributed by atoms with Gasteiger partial charge in [-0.1, -0.05) is 29.3 Å². The van der Waals surface area contributed by atoms with E-state index in [1.54, 1.807) is 43.1 Å². The maximum atomic E-state index is 11.8. The molecule has 0 aliphatic rings. The van der Waals surface area contributed by atoms with Gasteiger partial charge >= 0.3 is 0 Å². The number of hydrogen-bond donors (Lipinski definition) is 1. The number of aliphatic hydroxyl groups excluding tert-OH is 1. The van der Waals surface area contributed by atoms with E-state index in [1.165, 1.54) is 6.08 Å². The molecule has 0 spiro atoms. The Morgan fingerprint density at radius 2 is 2.16 bits per heavy atom. The van der Waals surface area contributed by atoms with Crippen LogP contribution >= 0.6 is 23.2 Å². The van der Waals surface area contributed by atoms with Gasteiger partial charge in [0.05, 0.1) is 6.10 Å². The van der Waals surface area contributed by atoms with E-state index in [9.17, 15) is 4.79 Å². The Bertz CT molecular complexity index is 473. The molecule has 1 unspecified atom stereocenters. The van der Waals surface area contributed by atoms with Crippen molar-refractivity contribution in [1.29, 1.82) is 0 Å². The van der Waals surface area contributed by atoms with Crippen molar-refractivity contribution >= 4 is 35.2 Å². The fourth-order valence-corrected chi connectivity index (χ4v) is 1.89. The van der Waals surface area contributed by atoms with E-state index >= 15 is 0 Å². The minimum Gasteiger partial charge on any atom is -0.393 e. The molecule has 0 bridgehead atoms. The minimum atomic E-state index is -0.412. The summed E-state index contributed by atoms with van der Waals surface area (Å²) in [6, 6.07) is 5.10. The number of halogens is 2. The predicted octanol–water partition coefficient (Wildman–Crippen LogP) is 3.24. The quantitative estimate of drug-likeness (QED) is 0.848. The molecule has 1 aromatic rings. The monoisotopic (exact) mass is 301 g/mol. The molecule has 104 valence electrons. The van der Waals surface area contributed by atoms with E-state index in [-0.39, 0.29) is 5.91 Å². The Morgan fingerprint density at radius 1 is 1.47 bits per heavy atom. The molecule has 0 aliphatic carbocycles. The molecule has 0 radical (unpaired) electrons. The number of hydrogen-bond acceptors (Lipinski definition) is 2. The number of carbonyl (C=O) groups excluding carboxylic acids is 1. The second kappa shape index (κ2) is 7.53. The highest BCUT2D eigenvalue weighted by atomic mass is 35.5. The molecule has 19 heavy (non-hydrogen) atoms. The third-order valence-corrected chi connectivity index (χ3v) is 3.19. The number of nitrogens with zero attached hydrogens (tertiary/aromatic N) is 1. The molecule has 1 amide bonds. The zero-order valence-corrected chi connectivity index (χ0v) is 12.4. The van der Waals surface area contributed by atoms with Crippen molar-refractivity contribution < 1.29 is 9.90 Å². The van der Waals surface area contributed by atoms with Gasteiger partial charge in [-0.05, 0) is 37.1 Å². The number of amides is 1. The van der Waals surface area contributed by atoms with Crippen LogP contribution in [0.2, 0.25) is 10.0 Å². The van der Waals surface area contributed by atoms with Gasteiger partial charge in [-0.25, -0.2) is 0 Å². The summed E-state index contributed by atoms with van der Waals surface area (Å²) in [6.07, 6.45) is 3.25. The second-order valence-corrected chi connectivity index (χ2v) is 5.24. The second-order valence-electron chi connectivity index (χ2n) is 4.40. The molecule has 1 rings (SSSR count). The molecule has 0 fully saturated rings. The molecular formula is C14H17Cl2NO2. The minimum absolute atomic E-state index is 0.133. The van der Waals surface area contributed by atoms with Crippen molar-refractivity contribution in [3.8, 4) is 0 Å². The van der Waals surface area contributed by atoms with Crippen molar-refractivity contribution in [2.75, 3.05) is 13.6 Å². The first-order valence-electron chi connectivity index (χ1n) is 5.96. The summed E-state index contributed by atoms with van der Waals surface area (Å²) in [5, 5.41) is 10.2. The standard InChI is InChI=1S/C14H17Cl2NO2/c1-10(18)7-8-17(2)14(19)6-4-11-3-5-12(15)9-13(11)16/h3-6,9-10,18H,7-8H2,1-2H3/b6-4+. The summed E-state index contributed by atoms with van der Waals surface area (Å²) in [6.45, 7) is 2.21. The molecule has 1 N–H and O–H groups in total. The molecule has 3 nitrogen and oxygen atoms in total. The third-order valence-electron chi connectivity index (χ3n) is 2.63. The Kier molecular flexibility index (Phi) is 6.35. The van der Waals surface area contributed by atoms with E-state index < -0.39 is 6.10 Å². The Balaban J connectivity index is 2.62. The highest BCUT2D eigenvalue weighted by Crippen LogP contribution is 2.21. The van der Waals surface area contributed by atoms with Crippen LogP contribution in [-0.4, -0.2) is 35.6 Å². The summed E-state index contributed by atoms with van der Waals surface area (Å²) in [5.74, 6) is -0.133. The Labute approximate surface area is 123 Å². The number of benzene rings is 1. The van der Waals surface area contributed by atoms with Gasteiger partial charge in [-0.2, -0.15) is 0 Å². The van der Waals surface area contributed by atoms with Gasteiger partial charge in [0, 0.05) is 29.7 Å². The van der Waals surface area contributed by atoms with Gasteiger partial charge in [0.25, 0.3) is 0 Å². The zero-order chi connectivity index (χ0) is 14.4. The molecule has 1 atom stereocenters. The molecule has 0 saturated carbocycles. The van der Waals surface area contributed by atoms with Crippen LogP contribution in [0.5, 0.6) is 0 Å². The molecule has 0 heterocycles. The van der Waals surface area contributed by atoms with Gasteiger partial charge in [-0.15, -0.1) is 0 Å². The topological polar surface area (TPSA) is 40.5 Å². The molecule has 0 aromatic heterocycles. The first kappa shape index (κ1) is 16.0. The fourth-order valence-electron chi connectivity index (χ4n) is 1.42. The molecule has 0 aliphatic heterocycles. The summed E-state index contributed by atoms with van der Waals surface area (Å²) >= 11 is 11.8. The van der Waals surface area contributed by atoms with Crippen LogP contribution in [-0.2, 0) is 4.79 Å². The maximum Gasteiger partial charge on any atom is 0.246 e. The van der Waals surface area contributed by atoms with E-state index in [1.807, 2.05) is 0 Å². The van der Waals surface area contributed by atoms with E-state index in [2.05, 4.69) is 0 Å². The first-order valence-corrected chi connectivity index (χ1v) is 6.72. The lowest BCUT2D eigenvalue weighted by atomic mass is 10.2. The Hall–Kier alpha value is -1.03. The summed E-state index contributed by atoms with van der Waals surface area (Å²) < 4.78 is 0.